The summed E-state index contributed by atoms with van der Waals surface area (Å²) in [5, 5.41) is 9.91. The molecule has 2 rings (SSSR count). The number of aryl methyl sites for hydroxylation is 1. The van der Waals surface area contributed by atoms with Crippen LogP contribution in [-0.4, -0.2) is 5.11 Å². The standard InChI is InChI=1S/C12H11FO2/c1-8-6-9(2-3-11(8)13)12(14)10-4-5-15-7-10/h2-7,12,14H,1H3. The summed E-state index contributed by atoms with van der Waals surface area (Å²) in [5.74, 6) is -0.266. The van der Waals surface area contributed by atoms with Crippen LogP contribution in [-0.2, 0) is 0 Å². The fourth-order valence-electron chi connectivity index (χ4n) is 1.46. The van der Waals surface area contributed by atoms with Gasteiger partial charge in [0, 0.05) is 5.56 Å². The van der Waals surface area contributed by atoms with Crippen LogP contribution >= 0.6 is 0 Å². The topological polar surface area (TPSA) is 33.4 Å². The molecule has 0 aliphatic carbocycles. The predicted molar refractivity (Wildman–Crippen MR) is 53.9 cm³/mol. The lowest BCUT2D eigenvalue weighted by atomic mass is 10.0. The number of aliphatic hydroxyl groups is 1. The van der Waals surface area contributed by atoms with Crippen LogP contribution in [0, 0.1) is 12.7 Å². The molecule has 0 saturated heterocycles. The van der Waals surface area contributed by atoms with Gasteiger partial charge in [0.1, 0.15) is 11.9 Å². The van der Waals surface area contributed by atoms with E-state index in [2.05, 4.69) is 0 Å². The molecule has 1 atom stereocenters. The third-order valence-electron chi connectivity index (χ3n) is 2.36. The molecular formula is C12H11FO2. The highest BCUT2D eigenvalue weighted by Crippen LogP contribution is 2.23. The van der Waals surface area contributed by atoms with Gasteiger partial charge in [0.05, 0.1) is 12.5 Å². The van der Waals surface area contributed by atoms with E-state index in [1.807, 2.05) is 0 Å². The van der Waals surface area contributed by atoms with E-state index in [0.717, 1.165) is 0 Å². The highest BCUT2D eigenvalue weighted by Gasteiger charge is 2.12. The maximum absolute atomic E-state index is 13.0. The van der Waals surface area contributed by atoms with Gasteiger partial charge in [-0.15, -0.1) is 0 Å². The highest BCUT2D eigenvalue weighted by atomic mass is 19.1. The van der Waals surface area contributed by atoms with Gasteiger partial charge in [0.15, 0.2) is 0 Å². The van der Waals surface area contributed by atoms with E-state index in [1.165, 1.54) is 18.6 Å². The van der Waals surface area contributed by atoms with Crippen molar-refractivity contribution in [2.45, 2.75) is 13.0 Å². The van der Waals surface area contributed by atoms with E-state index in [0.29, 0.717) is 16.7 Å². The molecular weight excluding hydrogens is 195 g/mol. The van der Waals surface area contributed by atoms with Gasteiger partial charge in [-0.3, -0.25) is 0 Å². The highest BCUT2D eigenvalue weighted by molar-refractivity contribution is 5.31. The lowest BCUT2D eigenvalue weighted by Gasteiger charge is -2.09. The Balaban J connectivity index is 2.34. The van der Waals surface area contributed by atoms with E-state index in [4.69, 9.17) is 4.42 Å². The first kappa shape index (κ1) is 9.93. The summed E-state index contributed by atoms with van der Waals surface area (Å²) in [6, 6.07) is 6.24. The van der Waals surface area contributed by atoms with Crippen molar-refractivity contribution in [3.63, 3.8) is 0 Å². The first-order valence-corrected chi connectivity index (χ1v) is 4.64. The van der Waals surface area contributed by atoms with Crippen molar-refractivity contribution in [2.75, 3.05) is 0 Å². The van der Waals surface area contributed by atoms with Crippen molar-refractivity contribution < 1.29 is 13.9 Å². The van der Waals surface area contributed by atoms with Gasteiger partial charge in [-0.25, -0.2) is 4.39 Å². The van der Waals surface area contributed by atoms with Crippen LogP contribution in [0.4, 0.5) is 4.39 Å². The van der Waals surface area contributed by atoms with Crippen LogP contribution in [0.2, 0.25) is 0 Å². The summed E-state index contributed by atoms with van der Waals surface area (Å²) in [6.07, 6.45) is 2.21. The lowest BCUT2D eigenvalue weighted by molar-refractivity contribution is 0.219. The maximum Gasteiger partial charge on any atom is 0.126 e. The summed E-state index contributed by atoms with van der Waals surface area (Å²) in [5.41, 5.74) is 1.85. The van der Waals surface area contributed by atoms with Gasteiger partial charge in [-0.05, 0) is 30.2 Å². The second-order valence-electron chi connectivity index (χ2n) is 3.47. The molecule has 15 heavy (non-hydrogen) atoms. The number of halogens is 1. The van der Waals surface area contributed by atoms with E-state index < -0.39 is 6.10 Å². The Morgan fingerprint density at radius 2 is 2.07 bits per heavy atom. The Bertz CT molecular complexity index is 449. The summed E-state index contributed by atoms with van der Waals surface area (Å²) in [7, 11) is 0. The molecule has 2 nitrogen and oxygen atoms in total. The van der Waals surface area contributed by atoms with Gasteiger partial charge in [-0.1, -0.05) is 12.1 Å². The van der Waals surface area contributed by atoms with Crippen molar-refractivity contribution in [2.24, 2.45) is 0 Å². The number of furan rings is 1. The monoisotopic (exact) mass is 206 g/mol. The van der Waals surface area contributed by atoms with Crippen molar-refractivity contribution in [3.8, 4) is 0 Å². The Kier molecular flexibility index (Phi) is 2.56. The minimum atomic E-state index is -0.761. The minimum absolute atomic E-state index is 0.266. The number of rotatable bonds is 2. The normalized spacial score (nSPS) is 12.7. The molecule has 0 radical (unpaired) electrons. The van der Waals surface area contributed by atoms with E-state index in [1.54, 1.807) is 25.1 Å². The molecule has 1 N–H and O–H groups in total. The molecule has 0 spiro atoms. The quantitative estimate of drug-likeness (QED) is 0.819. The van der Waals surface area contributed by atoms with Crippen LogP contribution in [0.5, 0.6) is 0 Å². The second kappa shape index (κ2) is 3.87. The Morgan fingerprint density at radius 3 is 2.67 bits per heavy atom. The fraction of sp³-hybridized carbons (Fsp3) is 0.167. The number of hydrogen-bond donors (Lipinski definition) is 1. The Labute approximate surface area is 87.0 Å². The molecule has 1 aromatic carbocycles. The average Bonchev–Trinajstić information content (AvgIpc) is 2.74. The van der Waals surface area contributed by atoms with Gasteiger partial charge in [0.25, 0.3) is 0 Å². The molecule has 0 saturated carbocycles. The largest absolute Gasteiger partial charge is 0.472 e. The molecule has 0 bridgehead atoms. The van der Waals surface area contributed by atoms with Crippen molar-refractivity contribution in [3.05, 3.63) is 59.3 Å². The van der Waals surface area contributed by atoms with E-state index >= 15 is 0 Å². The van der Waals surface area contributed by atoms with Crippen LogP contribution in [0.15, 0.2) is 41.2 Å². The van der Waals surface area contributed by atoms with E-state index in [9.17, 15) is 9.50 Å². The van der Waals surface area contributed by atoms with Gasteiger partial charge in [-0.2, -0.15) is 0 Å². The average molecular weight is 206 g/mol. The molecule has 2 aromatic rings. The second-order valence-corrected chi connectivity index (χ2v) is 3.47. The van der Waals surface area contributed by atoms with Crippen LogP contribution in [0.25, 0.3) is 0 Å². The molecule has 0 amide bonds. The van der Waals surface area contributed by atoms with Crippen molar-refractivity contribution in [1.29, 1.82) is 0 Å². The fourth-order valence-corrected chi connectivity index (χ4v) is 1.46. The molecule has 78 valence electrons. The molecule has 1 unspecified atom stereocenters. The van der Waals surface area contributed by atoms with Crippen molar-refractivity contribution >= 4 is 0 Å². The molecule has 0 aliphatic rings. The Morgan fingerprint density at radius 1 is 1.27 bits per heavy atom. The van der Waals surface area contributed by atoms with Gasteiger partial charge in [0.2, 0.25) is 0 Å². The predicted octanol–water partition coefficient (Wildman–Crippen LogP) is 2.81. The first-order chi connectivity index (χ1) is 7.18. The zero-order valence-electron chi connectivity index (χ0n) is 8.27. The van der Waals surface area contributed by atoms with Gasteiger partial charge >= 0.3 is 0 Å². The molecule has 0 aliphatic heterocycles. The Hall–Kier alpha value is -1.61. The minimum Gasteiger partial charge on any atom is -0.472 e. The van der Waals surface area contributed by atoms with Crippen molar-refractivity contribution in [1.82, 2.24) is 0 Å². The maximum atomic E-state index is 13.0. The third-order valence-corrected chi connectivity index (χ3v) is 2.36. The first-order valence-electron chi connectivity index (χ1n) is 4.64. The van der Waals surface area contributed by atoms with E-state index in [-0.39, 0.29) is 5.82 Å². The number of hydrogen-bond acceptors (Lipinski definition) is 2. The summed E-state index contributed by atoms with van der Waals surface area (Å²) >= 11 is 0. The SMILES string of the molecule is Cc1cc(C(O)c2ccoc2)ccc1F. The zero-order valence-corrected chi connectivity index (χ0v) is 8.27. The number of benzene rings is 1. The van der Waals surface area contributed by atoms with Crippen LogP contribution < -0.4 is 0 Å². The zero-order chi connectivity index (χ0) is 10.8. The smallest absolute Gasteiger partial charge is 0.126 e. The van der Waals surface area contributed by atoms with Crippen LogP contribution in [0.1, 0.15) is 22.8 Å². The molecule has 0 fully saturated rings. The molecule has 3 heteroatoms. The molecule has 1 heterocycles. The van der Waals surface area contributed by atoms with Gasteiger partial charge < -0.3 is 9.52 Å². The summed E-state index contributed by atoms with van der Waals surface area (Å²) < 4.78 is 17.9. The molecule has 1 aromatic heterocycles. The lowest BCUT2D eigenvalue weighted by Crippen LogP contribution is -1.99. The summed E-state index contributed by atoms with van der Waals surface area (Å²) in [6.45, 7) is 1.67. The third kappa shape index (κ3) is 1.92. The van der Waals surface area contributed by atoms with Crippen LogP contribution in [0.3, 0.4) is 0 Å². The number of aliphatic hydroxyl groups excluding tert-OH is 1. The summed E-state index contributed by atoms with van der Waals surface area (Å²) in [4.78, 5) is 0.